The van der Waals surface area contributed by atoms with Crippen LogP contribution in [-0.4, -0.2) is 17.3 Å². The Hall–Kier alpha value is -1.97. The maximum Gasteiger partial charge on any atom is 0.126 e. The Kier molecular flexibility index (Phi) is 3.15. The minimum Gasteiger partial charge on any atom is -0.496 e. The zero-order chi connectivity index (χ0) is 13.2. The molecule has 0 radical (unpaired) electrons. The van der Waals surface area contributed by atoms with Gasteiger partial charge in [0, 0.05) is 11.1 Å². The van der Waals surface area contributed by atoms with E-state index in [9.17, 15) is 0 Å². The number of aromatic amines is 1. The number of hydrogen-bond acceptors (Lipinski definition) is 3. The van der Waals surface area contributed by atoms with Crippen molar-refractivity contribution in [3.8, 4) is 16.9 Å². The third-order valence-electron chi connectivity index (χ3n) is 4.01. The molecule has 0 atom stereocenters. The number of nitrogens with one attached hydrogen (secondary N) is 1. The standard InChI is InChI=1S/C15H19N3O/c1-19-14-7-6-11(10-4-2-3-5-10)8-12(14)13-9-17-18-15(13)16/h6-10H,2-5H2,1H3,(H3,16,17,18). The highest BCUT2D eigenvalue weighted by Crippen LogP contribution is 2.39. The second-order valence-corrected chi connectivity index (χ2v) is 5.14. The number of hydrogen-bond donors (Lipinski definition) is 2. The molecular weight excluding hydrogens is 238 g/mol. The molecule has 1 aromatic carbocycles. The van der Waals surface area contributed by atoms with Crippen molar-refractivity contribution in [1.82, 2.24) is 10.2 Å². The minimum atomic E-state index is 0.585. The van der Waals surface area contributed by atoms with E-state index in [-0.39, 0.29) is 0 Å². The topological polar surface area (TPSA) is 63.9 Å². The van der Waals surface area contributed by atoms with Crippen LogP contribution in [0.2, 0.25) is 0 Å². The van der Waals surface area contributed by atoms with E-state index >= 15 is 0 Å². The predicted molar refractivity (Wildman–Crippen MR) is 76.2 cm³/mol. The molecule has 0 spiro atoms. The molecule has 4 nitrogen and oxygen atoms in total. The molecule has 2 aromatic rings. The fourth-order valence-electron chi connectivity index (χ4n) is 2.96. The first-order valence-electron chi connectivity index (χ1n) is 6.76. The summed E-state index contributed by atoms with van der Waals surface area (Å²) in [7, 11) is 1.68. The number of benzene rings is 1. The van der Waals surface area contributed by atoms with Gasteiger partial charge in [-0.2, -0.15) is 5.10 Å². The summed E-state index contributed by atoms with van der Waals surface area (Å²) < 4.78 is 5.44. The number of nitrogens with two attached hydrogens (primary N) is 1. The summed E-state index contributed by atoms with van der Waals surface area (Å²) in [5.74, 6) is 2.11. The summed E-state index contributed by atoms with van der Waals surface area (Å²) >= 11 is 0. The number of rotatable bonds is 3. The number of ether oxygens (including phenoxy) is 1. The molecule has 3 N–H and O–H groups in total. The van der Waals surface area contributed by atoms with Gasteiger partial charge in [0.15, 0.2) is 0 Å². The Bertz CT molecular complexity index is 571. The Balaban J connectivity index is 2.05. The molecule has 19 heavy (non-hydrogen) atoms. The van der Waals surface area contributed by atoms with E-state index in [4.69, 9.17) is 10.5 Å². The van der Waals surface area contributed by atoms with Crippen LogP contribution in [-0.2, 0) is 0 Å². The summed E-state index contributed by atoms with van der Waals surface area (Å²) in [6.07, 6.45) is 6.99. The van der Waals surface area contributed by atoms with Crippen LogP contribution in [0, 0.1) is 0 Å². The summed E-state index contributed by atoms with van der Waals surface area (Å²) in [5, 5.41) is 6.77. The van der Waals surface area contributed by atoms with E-state index < -0.39 is 0 Å². The first-order chi connectivity index (χ1) is 9.29. The maximum absolute atomic E-state index is 5.93. The number of nitrogens with zero attached hydrogens (tertiary/aromatic N) is 1. The first-order valence-corrected chi connectivity index (χ1v) is 6.76. The van der Waals surface area contributed by atoms with E-state index in [0.29, 0.717) is 11.7 Å². The zero-order valence-electron chi connectivity index (χ0n) is 11.1. The normalized spacial score (nSPS) is 15.8. The average Bonchev–Trinajstić information content (AvgIpc) is 3.09. The van der Waals surface area contributed by atoms with Crippen LogP contribution >= 0.6 is 0 Å². The van der Waals surface area contributed by atoms with E-state index in [0.717, 1.165) is 16.9 Å². The van der Waals surface area contributed by atoms with Crippen molar-refractivity contribution >= 4 is 5.82 Å². The molecule has 0 bridgehead atoms. The fourth-order valence-corrected chi connectivity index (χ4v) is 2.96. The molecule has 0 unspecified atom stereocenters. The molecule has 0 amide bonds. The molecule has 3 rings (SSSR count). The second-order valence-electron chi connectivity index (χ2n) is 5.14. The summed E-state index contributed by atoms with van der Waals surface area (Å²) in [6, 6.07) is 6.42. The highest BCUT2D eigenvalue weighted by atomic mass is 16.5. The Morgan fingerprint density at radius 2 is 2.05 bits per heavy atom. The van der Waals surface area contributed by atoms with Crippen LogP contribution in [0.4, 0.5) is 5.82 Å². The zero-order valence-corrected chi connectivity index (χ0v) is 11.1. The van der Waals surface area contributed by atoms with Crippen LogP contribution < -0.4 is 10.5 Å². The van der Waals surface area contributed by atoms with E-state index in [2.05, 4.69) is 22.3 Å². The molecule has 1 heterocycles. The van der Waals surface area contributed by atoms with Crippen molar-refractivity contribution in [3.05, 3.63) is 30.0 Å². The molecular formula is C15H19N3O. The van der Waals surface area contributed by atoms with Gasteiger partial charge >= 0.3 is 0 Å². The highest BCUT2D eigenvalue weighted by molar-refractivity contribution is 5.78. The van der Waals surface area contributed by atoms with Gasteiger partial charge in [-0.15, -0.1) is 0 Å². The predicted octanol–water partition coefficient (Wildman–Crippen LogP) is 3.33. The largest absolute Gasteiger partial charge is 0.496 e. The van der Waals surface area contributed by atoms with Crippen LogP contribution in [0.25, 0.3) is 11.1 Å². The lowest BCUT2D eigenvalue weighted by Crippen LogP contribution is -1.96. The summed E-state index contributed by atoms with van der Waals surface area (Å²) in [5.41, 5.74) is 9.25. The van der Waals surface area contributed by atoms with Crippen molar-refractivity contribution in [2.24, 2.45) is 0 Å². The van der Waals surface area contributed by atoms with Crippen molar-refractivity contribution in [2.45, 2.75) is 31.6 Å². The van der Waals surface area contributed by atoms with Gasteiger partial charge in [0.2, 0.25) is 0 Å². The van der Waals surface area contributed by atoms with Gasteiger partial charge in [-0.1, -0.05) is 18.9 Å². The molecule has 1 aliphatic rings. The molecule has 0 aliphatic heterocycles. The monoisotopic (exact) mass is 257 g/mol. The van der Waals surface area contributed by atoms with Gasteiger partial charge in [-0.05, 0) is 36.5 Å². The first kappa shape index (κ1) is 12.1. The lowest BCUT2D eigenvalue weighted by atomic mass is 9.94. The Morgan fingerprint density at radius 3 is 2.68 bits per heavy atom. The van der Waals surface area contributed by atoms with Crippen molar-refractivity contribution in [3.63, 3.8) is 0 Å². The average molecular weight is 257 g/mol. The van der Waals surface area contributed by atoms with Crippen molar-refractivity contribution in [2.75, 3.05) is 12.8 Å². The lowest BCUT2D eigenvalue weighted by Gasteiger charge is -2.14. The van der Waals surface area contributed by atoms with Crippen LogP contribution in [0.15, 0.2) is 24.4 Å². The van der Waals surface area contributed by atoms with Crippen LogP contribution in [0.1, 0.15) is 37.2 Å². The third kappa shape index (κ3) is 2.18. The molecule has 100 valence electrons. The van der Waals surface area contributed by atoms with Crippen LogP contribution in [0.3, 0.4) is 0 Å². The SMILES string of the molecule is COc1ccc(C2CCCC2)cc1-c1cn[nH]c1N. The summed E-state index contributed by atoms with van der Waals surface area (Å²) in [6.45, 7) is 0. The molecule has 4 heteroatoms. The van der Waals surface area contributed by atoms with Crippen molar-refractivity contribution < 1.29 is 4.74 Å². The van der Waals surface area contributed by atoms with Gasteiger partial charge in [0.25, 0.3) is 0 Å². The van der Waals surface area contributed by atoms with Gasteiger partial charge in [0.1, 0.15) is 11.6 Å². The van der Waals surface area contributed by atoms with Gasteiger partial charge in [0.05, 0.1) is 13.3 Å². The number of nitrogen functional groups attached to an aromatic ring is 1. The van der Waals surface area contributed by atoms with Gasteiger partial charge in [-0.3, -0.25) is 5.10 Å². The molecule has 1 aliphatic carbocycles. The number of methoxy groups -OCH3 is 1. The number of anilines is 1. The fraction of sp³-hybridized carbons (Fsp3) is 0.400. The van der Waals surface area contributed by atoms with Gasteiger partial charge < -0.3 is 10.5 Å². The van der Waals surface area contributed by atoms with E-state index in [1.54, 1.807) is 13.3 Å². The van der Waals surface area contributed by atoms with Crippen molar-refractivity contribution in [1.29, 1.82) is 0 Å². The van der Waals surface area contributed by atoms with E-state index in [1.807, 2.05) is 6.07 Å². The van der Waals surface area contributed by atoms with Gasteiger partial charge in [-0.25, -0.2) is 0 Å². The molecule has 1 saturated carbocycles. The smallest absolute Gasteiger partial charge is 0.126 e. The molecule has 1 fully saturated rings. The molecule has 1 aromatic heterocycles. The minimum absolute atomic E-state index is 0.585. The number of H-pyrrole nitrogens is 1. The Morgan fingerprint density at radius 1 is 1.26 bits per heavy atom. The molecule has 0 saturated heterocycles. The quantitative estimate of drug-likeness (QED) is 0.886. The Labute approximate surface area is 113 Å². The highest BCUT2D eigenvalue weighted by Gasteiger charge is 2.19. The van der Waals surface area contributed by atoms with E-state index in [1.165, 1.54) is 31.2 Å². The number of aromatic nitrogens is 2. The second kappa shape index (κ2) is 4.96. The maximum atomic E-state index is 5.93. The third-order valence-corrected chi connectivity index (χ3v) is 4.01. The lowest BCUT2D eigenvalue weighted by molar-refractivity contribution is 0.416. The summed E-state index contributed by atoms with van der Waals surface area (Å²) in [4.78, 5) is 0. The van der Waals surface area contributed by atoms with Crippen LogP contribution in [0.5, 0.6) is 5.75 Å².